The lowest BCUT2D eigenvalue weighted by Crippen LogP contribution is -2.43. The van der Waals surface area contributed by atoms with Crippen LogP contribution in [-0.2, 0) is 6.54 Å². The van der Waals surface area contributed by atoms with E-state index in [1.165, 1.54) is 12.1 Å². The van der Waals surface area contributed by atoms with Gasteiger partial charge in [0, 0.05) is 4.47 Å². The number of hydrogen-bond acceptors (Lipinski definition) is 2. The Labute approximate surface area is 99.8 Å². The van der Waals surface area contributed by atoms with Crippen molar-refractivity contribution in [3.8, 4) is 0 Å². The summed E-state index contributed by atoms with van der Waals surface area (Å²) in [5.74, 6) is -0.926. The zero-order valence-electron chi connectivity index (χ0n) is 8.21. The normalized spacial score (nSPS) is 9.88. The maximum absolute atomic E-state index is 13.0. The number of benzene rings is 1. The van der Waals surface area contributed by atoms with E-state index in [0.29, 0.717) is 10.0 Å². The summed E-state index contributed by atoms with van der Waals surface area (Å²) in [5, 5.41) is 7.14. The topological polar surface area (TPSA) is 96.2 Å². The van der Waals surface area contributed by atoms with E-state index in [4.69, 9.17) is 16.9 Å². The predicted octanol–water partition coefficient (Wildman–Crippen LogP) is 1.36. The van der Waals surface area contributed by atoms with Gasteiger partial charge < -0.3 is 11.5 Å². The predicted molar refractivity (Wildman–Crippen MR) is 61.1 cm³/mol. The van der Waals surface area contributed by atoms with Crippen molar-refractivity contribution in [1.29, 1.82) is 5.41 Å². The van der Waals surface area contributed by atoms with Gasteiger partial charge in [0.25, 0.3) is 0 Å². The molecule has 0 heterocycles. The van der Waals surface area contributed by atoms with Crippen LogP contribution in [0.4, 0.5) is 9.18 Å². The van der Waals surface area contributed by atoms with E-state index in [1.54, 1.807) is 6.07 Å². The summed E-state index contributed by atoms with van der Waals surface area (Å²) in [7, 11) is 0. The van der Waals surface area contributed by atoms with Crippen molar-refractivity contribution in [1.82, 2.24) is 4.90 Å². The molecular formula is C9H10BrFN4O. The number of primary amides is 1. The van der Waals surface area contributed by atoms with Crippen LogP contribution in [0.2, 0.25) is 0 Å². The van der Waals surface area contributed by atoms with Gasteiger partial charge in [0.2, 0.25) is 0 Å². The molecule has 86 valence electrons. The molecule has 5 N–H and O–H groups in total. The number of nitrogens with zero attached hydrogens (tertiary/aromatic N) is 1. The Hall–Kier alpha value is -1.63. The van der Waals surface area contributed by atoms with E-state index in [2.05, 4.69) is 15.9 Å². The fraction of sp³-hybridized carbons (Fsp3) is 0.111. The van der Waals surface area contributed by atoms with Crippen molar-refractivity contribution in [2.75, 3.05) is 0 Å². The Kier molecular flexibility index (Phi) is 3.83. The summed E-state index contributed by atoms with van der Waals surface area (Å²) in [6.07, 6.45) is 0. The summed E-state index contributed by atoms with van der Waals surface area (Å²) in [4.78, 5) is 11.8. The minimum atomic E-state index is -0.854. The molecule has 1 aromatic rings. The molecule has 7 heteroatoms. The number of hydrogen-bond donors (Lipinski definition) is 3. The first-order valence-corrected chi connectivity index (χ1v) is 5.05. The SMILES string of the molecule is N=C(N)N(Cc1cc(F)cc(Br)c1)C(N)=O. The lowest BCUT2D eigenvalue weighted by atomic mass is 10.2. The summed E-state index contributed by atoms with van der Waals surface area (Å²) < 4.78 is 13.6. The third-order valence-electron chi connectivity index (χ3n) is 1.82. The third-order valence-corrected chi connectivity index (χ3v) is 2.28. The number of urea groups is 1. The van der Waals surface area contributed by atoms with Gasteiger partial charge in [0.15, 0.2) is 5.96 Å². The molecule has 0 bridgehead atoms. The van der Waals surface area contributed by atoms with E-state index in [-0.39, 0.29) is 6.54 Å². The molecule has 2 amide bonds. The second-order valence-corrected chi connectivity index (χ2v) is 4.00. The fourth-order valence-corrected chi connectivity index (χ4v) is 1.68. The number of nitrogens with one attached hydrogen (secondary N) is 1. The molecule has 0 aliphatic carbocycles. The van der Waals surface area contributed by atoms with Gasteiger partial charge in [0.05, 0.1) is 6.54 Å². The van der Waals surface area contributed by atoms with Crippen LogP contribution >= 0.6 is 15.9 Å². The highest BCUT2D eigenvalue weighted by molar-refractivity contribution is 9.10. The molecule has 0 aliphatic rings. The highest BCUT2D eigenvalue weighted by atomic mass is 79.9. The van der Waals surface area contributed by atoms with Crippen molar-refractivity contribution in [2.45, 2.75) is 6.54 Å². The summed E-state index contributed by atoms with van der Waals surface area (Å²) in [6.45, 7) is -0.0406. The van der Waals surface area contributed by atoms with Gasteiger partial charge in [-0.25, -0.2) is 9.18 Å². The zero-order valence-corrected chi connectivity index (χ0v) is 9.79. The zero-order chi connectivity index (χ0) is 12.3. The molecule has 0 aliphatic heterocycles. The van der Waals surface area contributed by atoms with Crippen molar-refractivity contribution >= 4 is 27.9 Å². The first-order chi connectivity index (χ1) is 7.40. The van der Waals surface area contributed by atoms with Crippen LogP contribution in [0.15, 0.2) is 22.7 Å². The fourth-order valence-electron chi connectivity index (χ4n) is 1.17. The van der Waals surface area contributed by atoms with Crippen molar-refractivity contribution in [3.05, 3.63) is 34.1 Å². The molecule has 0 fully saturated rings. The number of carbonyl (C=O) groups excluding carboxylic acids is 1. The van der Waals surface area contributed by atoms with Crippen LogP contribution in [0.5, 0.6) is 0 Å². The van der Waals surface area contributed by atoms with Crippen molar-refractivity contribution < 1.29 is 9.18 Å². The van der Waals surface area contributed by atoms with Crippen molar-refractivity contribution in [2.24, 2.45) is 11.5 Å². The monoisotopic (exact) mass is 288 g/mol. The minimum absolute atomic E-state index is 0.0406. The molecular weight excluding hydrogens is 279 g/mol. The Morgan fingerprint density at radius 2 is 2.06 bits per heavy atom. The van der Waals surface area contributed by atoms with Crippen LogP contribution in [0.3, 0.4) is 0 Å². The van der Waals surface area contributed by atoms with E-state index < -0.39 is 17.8 Å². The van der Waals surface area contributed by atoms with E-state index >= 15 is 0 Å². The summed E-state index contributed by atoms with van der Waals surface area (Å²) >= 11 is 3.12. The third kappa shape index (κ3) is 3.20. The molecule has 0 radical (unpaired) electrons. The molecule has 0 unspecified atom stereocenters. The Morgan fingerprint density at radius 1 is 1.44 bits per heavy atom. The molecule has 1 aromatic carbocycles. The molecule has 1 rings (SSSR count). The average Bonchev–Trinajstić information content (AvgIpc) is 2.11. The van der Waals surface area contributed by atoms with Crippen molar-refractivity contribution in [3.63, 3.8) is 0 Å². The van der Waals surface area contributed by atoms with Gasteiger partial charge in [0.1, 0.15) is 5.82 Å². The minimum Gasteiger partial charge on any atom is -0.370 e. The number of nitrogens with two attached hydrogens (primary N) is 2. The lowest BCUT2D eigenvalue weighted by molar-refractivity contribution is 0.228. The summed E-state index contributed by atoms with van der Waals surface area (Å²) in [6, 6.07) is 3.28. The Balaban J connectivity index is 2.93. The maximum Gasteiger partial charge on any atom is 0.321 e. The maximum atomic E-state index is 13.0. The number of amides is 2. The summed E-state index contributed by atoms with van der Waals surface area (Å²) in [5.41, 5.74) is 10.7. The quantitative estimate of drug-likeness (QED) is 0.566. The second-order valence-electron chi connectivity index (χ2n) is 3.09. The van der Waals surface area contributed by atoms with Gasteiger partial charge in [-0.05, 0) is 23.8 Å². The Bertz CT molecular complexity index is 403. The molecule has 5 nitrogen and oxygen atoms in total. The van der Waals surface area contributed by atoms with Crippen LogP contribution < -0.4 is 11.5 Å². The molecule has 16 heavy (non-hydrogen) atoms. The van der Waals surface area contributed by atoms with Crippen LogP contribution in [0.25, 0.3) is 0 Å². The van der Waals surface area contributed by atoms with Crippen LogP contribution in [0, 0.1) is 11.2 Å². The number of rotatable bonds is 2. The first-order valence-electron chi connectivity index (χ1n) is 4.26. The first kappa shape index (κ1) is 12.4. The van der Waals surface area contributed by atoms with Crippen LogP contribution in [-0.4, -0.2) is 16.9 Å². The number of guanidine groups is 1. The molecule has 0 atom stereocenters. The smallest absolute Gasteiger partial charge is 0.321 e. The van der Waals surface area contributed by atoms with Gasteiger partial charge >= 0.3 is 6.03 Å². The number of carbonyl (C=O) groups is 1. The van der Waals surface area contributed by atoms with E-state index in [9.17, 15) is 9.18 Å². The lowest BCUT2D eigenvalue weighted by Gasteiger charge is -2.18. The molecule has 0 saturated heterocycles. The molecule has 0 saturated carbocycles. The average molecular weight is 289 g/mol. The largest absolute Gasteiger partial charge is 0.370 e. The van der Waals surface area contributed by atoms with Gasteiger partial charge in [-0.2, -0.15) is 0 Å². The van der Waals surface area contributed by atoms with Gasteiger partial charge in [-0.1, -0.05) is 15.9 Å². The second kappa shape index (κ2) is 4.93. The highest BCUT2D eigenvalue weighted by Crippen LogP contribution is 2.16. The number of halogens is 2. The van der Waals surface area contributed by atoms with E-state index in [1.807, 2.05) is 0 Å². The molecule has 0 aromatic heterocycles. The van der Waals surface area contributed by atoms with E-state index in [0.717, 1.165) is 4.90 Å². The standard InChI is InChI=1S/C9H10BrFN4O/c10-6-1-5(2-7(11)3-6)4-15(8(12)13)9(14)16/h1-3H,4H2,(H3,12,13)(H2,14,16). The van der Waals surface area contributed by atoms with Gasteiger partial charge in [-0.3, -0.25) is 10.3 Å². The van der Waals surface area contributed by atoms with Crippen LogP contribution in [0.1, 0.15) is 5.56 Å². The Morgan fingerprint density at radius 3 is 2.50 bits per heavy atom. The van der Waals surface area contributed by atoms with Gasteiger partial charge in [-0.15, -0.1) is 0 Å². The molecule has 0 spiro atoms. The highest BCUT2D eigenvalue weighted by Gasteiger charge is 2.13.